The quantitative estimate of drug-likeness (QED) is 0.389. The summed E-state index contributed by atoms with van der Waals surface area (Å²) in [6.45, 7) is 6.37. The molecule has 1 fully saturated rings. The fourth-order valence-electron chi connectivity index (χ4n) is 4.85. The third-order valence-electron chi connectivity index (χ3n) is 6.56. The first-order valence-electron chi connectivity index (χ1n) is 12.6. The molecule has 2 amide bonds. The highest BCUT2D eigenvalue weighted by molar-refractivity contribution is 5.70. The Morgan fingerprint density at radius 1 is 1.05 bits per heavy atom. The third-order valence-corrected chi connectivity index (χ3v) is 6.56. The number of hydrogen-bond acceptors (Lipinski definition) is 5. The van der Waals surface area contributed by atoms with E-state index >= 15 is 0 Å². The Morgan fingerprint density at radius 2 is 1.65 bits per heavy atom. The summed E-state index contributed by atoms with van der Waals surface area (Å²) in [4.78, 5) is 28.8. The molecule has 40 heavy (non-hydrogen) atoms. The average Bonchev–Trinajstić information content (AvgIpc) is 3.38. The zero-order valence-corrected chi connectivity index (χ0v) is 22.7. The number of nitrogens with zero attached hydrogens (tertiary/aromatic N) is 3. The molecule has 0 saturated carbocycles. The number of amides is 2. The summed E-state index contributed by atoms with van der Waals surface area (Å²) in [5, 5.41) is 6.88. The van der Waals surface area contributed by atoms with E-state index in [1.54, 1.807) is 33.0 Å². The number of carbonyl (C=O) groups is 2. The number of halogens is 6. The zero-order valence-electron chi connectivity index (χ0n) is 22.7. The van der Waals surface area contributed by atoms with Gasteiger partial charge in [-0.2, -0.15) is 31.4 Å². The largest absolute Gasteiger partial charge is 0.453 e. The van der Waals surface area contributed by atoms with Gasteiger partial charge in [-0.3, -0.25) is 10.00 Å². The highest BCUT2D eigenvalue weighted by Gasteiger charge is 2.44. The lowest BCUT2D eigenvalue weighted by Crippen LogP contribution is -2.55. The van der Waals surface area contributed by atoms with Gasteiger partial charge in [0, 0.05) is 24.8 Å². The standard InChI is InChI=1S/C26H32F6N4O4/c1-6-18-12-19(13-21(20-7-8-33-34-20)36(18)23(38)40-24(2,3)4)35(22(37)39-5)14-15-9-16(25(27,28)29)11-17(10-15)26(30,31)32/h7-11,18-19,21H,6,12-14H2,1-5H3,(H,33,34)/t18-,19+,21?/m1/s1. The number of nitrogens with one attached hydrogen (secondary N) is 1. The van der Waals surface area contributed by atoms with E-state index in [1.165, 1.54) is 4.90 Å². The molecule has 0 bridgehead atoms. The molecule has 1 unspecified atom stereocenters. The Kier molecular flexibility index (Phi) is 8.99. The molecule has 0 radical (unpaired) electrons. The van der Waals surface area contributed by atoms with E-state index in [0.717, 1.165) is 12.0 Å². The van der Waals surface area contributed by atoms with Gasteiger partial charge in [-0.1, -0.05) is 6.92 Å². The maximum absolute atomic E-state index is 13.5. The summed E-state index contributed by atoms with van der Waals surface area (Å²) in [5.74, 6) is 0. The van der Waals surface area contributed by atoms with Crippen LogP contribution in [0.3, 0.4) is 0 Å². The van der Waals surface area contributed by atoms with Crippen molar-refractivity contribution in [3.05, 3.63) is 52.8 Å². The highest BCUT2D eigenvalue weighted by atomic mass is 19.4. The molecular formula is C26H32F6N4O4. The second kappa shape index (κ2) is 11.6. The van der Waals surface area contributed by atoms with Crippen LogP contribution in [0.4, 0.5) is 35.9 Å². The molecule has 1 aromatic heterocycles. The molecule has 0 aliphatic carbocycles. The number of methoxy groups -OCH3 is 1. The number of rotatable bonds is 5. The molecule has 222 valence electrons. The molecular weight excluding hydrogens is 546 g/mol. The molecule has 2 aromatic rings. The first-order valence-corrected chi connectivity index (χ1v) is 12.6. The Morgan fingerprint density at radius 3 is 2.10 bits per heavy atom. The van der Waals surface area contributed by atoms with Crippen LogP contribution in [0.25, 0.3) is 0 Å². The first kappa shape index (κ1) is 31.1. The summed E-state index contributed by atoms with van der Waals surface area (Å²) in [6.07, 6.45) is -9.38. The van der Waals surface area contributed by atoms with Crippen LogP contribution in [0, 0.1) is 0 Å². The minimum Gasteiger partial charge on any atom is -0.453 e. The van der Waals surface area contributed by atoms with Crippen molar-refractivity contribution < 1.29 is 45.4 Å². The van der Waals surface area contributed by atoms with E-state index in [9.17, 15) is 35.9 Å². The van der Waals surface area contributed by atoms with E-state index in [4.69, 9.17) is 9.47 Å². The number of carbonyl (C=O) groups excluding carboxylic acids is 2. The van der Waals surface area contributed by atoms with E-state index in [1.807, 2.05) is 6.92 Å². The smallest absolute Gasteiger partial charge is 0.416 e. The lowest BCUT2D eigenvalue weighted by Gasteiger charge is -2.47. The molecule has 3 rings (SSSR count). The summed E-state index contributed by atoms with van der Waals surface area (Å²) in [7, 11) is 1.07. The summed E-state index contributed by atoms with van der Waals surface area (Å²) in [5.41, 5.74) is -3.69. The number of ether oxygens (including phenoxy) is 2. The Labute approximate surface area is 227 Å². The van der Waals surface area contributed by atoms with Crippen LogP contribution in [0.15, 0.2) is 30.5 Å². The Balaban J connectivity index is 2.03. The van der Waals surface area contributed by atoms with Gasteiger partial charge in [-0.05, 0) is 69.9 Å². The maximum Gasteiger partial charge on any atom is 0.416 e. The summed E-state index contributed by atoms with van der Waals surface area (Å²) >= 11 is 0. The van der Waals surface area contributed by atoms with Gasteiger partial charge in [0.05, 0.1) is 30.0 Å². The molecule has 2 heterocycles. The van der Waals surface area contributed by atoms with Crippen molar-refractivity contribution in [3.63, 3.8) is 0 Å². The Bertz CT molecular complexity index is 1150. The van der Waals surface area contributed by atoms with Gasteiger partial charge >= 0.3 is 24.5 Å². The first-order chi connectivity index (χ1) is 18.4. The number of hydrogen-bond donors (Lipinski definition) is 1. The lowest BCUT2D eigenvalue weighted by atomic mass is 9.87. The normalized spacial score (nSPS) is 20.3. The summed E-state index contributed by atoms with van der Waals surface area (Å²) < 4.78 is 91.3. The van der Waals surface area contributed by atoms with Crippen molar-refractivity contribution >= 4 is 12.2 Å². The van der Waals surface area contributed by atoms with Crippen LogP contribution in [0.2, 0.25) is 0 Å². The fourth-order valence-corrected chi connectivity index (χ4v) is 4.85. The van der Waals surface area contributed by atoms with Crippen LogP contribution < -0.4 is 0 Å². The predicted octanol–water partition coefficient (Wildman–Crippen LogP) is 6.94. The van der Waals surface area contributed by atoms with Crippen LogP contribution >= 0.6 is 0 Å². The molecule has 1 N–H and O–H groups in total. The number of benzene rings is 1. The van der Waals surface area contributed by atoms with Crippen LogP contribution in [-0.2, 0) is 28.4 Å². The number of H-pyrrole nitrogens is 1. The average molecular weight is 579 g/mol. The fraction of sp³-hybridized carbons (Fsp3) is 0.577. The number of aromatic nitrogens is 2. The monoisotopic (exact) mass is 578 g/mol. The Hall–Kier alpha value is -3.45. The van der Waals surface area contributed by atoms with Crippen LogP contribution in [0.1, 0.15) is 75.4 Å². The van der Waals surface area contributed by atoms with Crippen molar-refractivity contribution in [1.82, 2.24) is 20.0 Å². The molecule has 1 aliphatic rings. The molecule has 8 nitrogen and oxygen atoms in total. The number of piperidine rings is 1. The SMILES string of the molecule is CC[C@@H]1C[C@H](N(Cc2cc(C(F)(F)F)cc(C(F)(F)F)c2)C(=O)OC)CC(c2cc[nH]n2)N1C(=O)OC(C)(C)C. The molecule has 1 aliphatic heterocycles. The van der Waals surface area contributed by atoms with Gasteiger partial charge < -0.3 is 14.4 Å². The lowest BCUT2D eigenvalue weighted by molar-refractivity contribution is -0.143. The van der Waals surface area contributed by atoms with Gasteiger partial charge in [0.2, 0.25) is 0 Å². The van der Waals surface area contributed by atoms with Crippen molar-refractivity contribution in [2.75, 3.05) is 7.11 Å². The van der Waals surface area contributed by atoms with Crippen molar-refractivity contribution in [2.45, 2.75) is 89.6 Å². The predicted molar refractivity (Wildman–Crippen MR) is 131 cm³/mol. The van der Waals surface area contributed by atoms with E-state index in [2.05, 4.69) is 10.2 Å². The van der Waals surface area contributed by atoms with E-state index < -0.39 is 65.9 Å². The summed E-state index contributed by atoms with van der Waals surface area (Å²) in [6, 6.07) is 0.932. The second-order valence-electron chi connectivity index (χ2n) is 10.6. The van der Waals surface area contributed by atoms with Gasteiger partial charge in [-0.25, -0.2) is 9.59 Å². The van der Waals surface area contributed by atoms with Crippen molar-refractivity contribution in [1.29, 1.82) is 0 Å². The van der Waals surface area contributed by atoms with Crippen LogP contribution in [0.5, 0.6) is 0 Å². The highest BCUT2D eigenvalue weighted by Crippen LogP contribution is 2.40. The zero-order chi connectivity index (χ0) is 30.0. The molecule has 1 saturated heterocycles. The number of alkyl halides is 6. The van der Waals surface area contributed by atoms with Gasteiger partial charge in [0.1, 0.15) is 5.60 Å². The third kappa shape index (κ3) is 7.39. The molecule has 14 heteroatoms. The van der Waals surface area contributed by atoms with Gasteiger partial charge in [0.25, 0.3) is 0 Å². The maximum atomic E-state index is 13.5. The topological polar surface area (TPSA) is 87.8 Å². The van der Waals surface area contributed by atoms with Crippen LogP contribution in [-0.4, -0.2) is 57.0 Å². The minimum atomic E-state index is -5.04. The van der Waals surface area contributed by atoms with Gasteiger partial charge in [0.15, 0.2) is 0 Å². The number of aromatic amines is 1. The minimum absolute atomic E-state index is 0.0337. The van der Waals surface area contributed by atoms with E-state index in [0.29, 0.717) is 24.2 Å². The molecule has 1 aromatic carbocycles. The second-order valence-corrected chi connectivity index (χ2v) is 10.6. The van der Waals surface area contributed by atoms with Gasteiger partial charge in [-0.15, -0.1) is 0 Å². The molecule has 3 atom stereocenters. The molecule has 0 spiro atoms. The van der Waals surface area contributed by atoms with Crippen molar-refractivity contribution in [3.8, 4) is 0 Å². The van der Waals surface area contributed by atoms with Crippen molar-refractivity contribution in [2.24, 2.45) is 0 Å². The number of likely N-dealkylation sites (tertiary alicyclic amines) is 1. The van der Waals surface area contributed by atoms with E-state index in [-0.39, 0.29) is 24.5 Å².